The van der Waals surface area contributed by atoms with E-state index in [0.717, 1.165) is 12.8 Å². The van der Waals surface area contributed by atoms with Crippen LogP contribution in [0.2, 0.25) is 0 Å². The van der Waals surface area contributed by atoms with Crippen molar-refractivity contribution in [1.82, 2.24) is 16.0 Å². The van der Waals surface area contributed by atoms with Crippen LogP contribution in [-0.4, -0.2) is 42.1 Å². The van der Waals surface area contributed by atoms with Crippen molar-refractivity contribution < 1.29 is 19.5 Å². The van der Waals surface area contributed by atoms with Gasteiger partial charge in [-0.3, -0.25) is 9.59 Å². The standard InChI is InChI=1S/C14H25N3O4/c1-9(2)7-10(13(19)20)8-16-14(21)15-6-5-12(18)17-11-3-4-11/h9-11H,3-8H2,1-2H3,(H,17,18)(H,19,20)(H2,15,16,21). The molecule has 0 bridgehead atoms. The van der Waals surface area contributed by atoms with Gasteiger partial charge in [-0.2, -0.15) is 0 Å². The van der Waals surface area contributed by atoms with Crippen LogP contribution in [0.1, 0.15) is 39.5 Å². The first-order valence-corrected chi connectivity index (χ1v) is 7.42. The fourth-order valence-electron chi connectivity index (χ4n) is 1.94. The van der Waals surface area contributed by atoms with Gasteiger partial charge in [0, 0.05) is 25.6 Å². The summed E-state index contributed by atoms with van der Waals surface area (Å²) in [5, 5.41) is 17.0. The Balaban J connectivity index is 2.13. The topological polar surface area (TPSA) is 108 Å². The highest BCUT2D eigenvalue weighted by molar-refractivity contribution is 5.79. The largest absolute Gasteiger partial charge is 0.481 e. The fraction of sp³-hybridized carbons (Fsp3) is 0.786. The Morgan fingerprint density at radius 3 is 2.38 bits per heavy atom. The molecule has 3 amide bonds. The van der Waals surface area contributed by atoms with Crippen LogP contribution in [0.15, 0.2) is 0 Å². The molecule has 0 aromatic heterocycles. The number of carbonyl (C=O) groups excluding carboxylic acids is 2. The molecule has 1 unspecified atom stereocenters. The SMILES string of the molecule is CC(C)CC(CNC(=O)NCCC(=O)NC1CC1)C(=O)O. The first kappa shape index (κ1) is 17.3. The normalized spacial score (nSPS) is 15.4. The van der Waals surface area contributed by atoms with E-state index in [0.29, 0.717) is 12.5 Å². The van der Waals surface area contributed by atoms with E-state index in [-0.39, 0.29) is 31.3 Å². The summed E-state index contributed by atoms with van der Waals surface area (Å²) in [5.41, 5.74) is 0. The number of carbonyl (C=O) groups is 3. The second kappa shape index (κ2) is 8.49. The average molecular weight is 299 g/mol. The highest BCUT2D eigenvalue weighted by atomic mass is 16.4. The van der Waals surface area contributed by atoms with Crippen LogP contribution in [-0.2, 0) is 9.59 Å². The number of rotatable bonds is 9. The van der Waals surface area contributed by atoms with Crippen LogP contribution in [0.3, 0.4) is 0 Å². The first-order valence-electron chi connectivity index (χ1n) is 7.42. The Morgan fingerprint density at radius 2 is 1.86 bits per heavy atom. The third kappa shape index (κ3) is 8.16. The molecule has 1 rings (SSSR count). The van der Waals surface area contributed by atoms with Gasteiger partial charge in [0.25, 0.3) is 0 Å². The number of carboxylic acids is 1. The predicted octanol–water partition coefficient (Wildman–Crippen LogP) is 0.701. The number of hydrogen-bond donors (Lipinski definition) is 4. The molecule has 0 saturated heterocycles. The van der Waals surface area contributed by atoms with E-state index < -0.39 is 17.9 Å². The molecular weight excluding hydrogens is 274 g/mol. The van der Waals surface area contributed by atoms with Crippen LogP contribution < -0.4 is 16.0 Å². The molecule has 0 heterocycles. The smallest absolute Gasteiger partial charge is 0.314 e. The van der Waals surface area contributed by atoms with E-state index in [1.165, 1.54) is 0 Å². The molecule has 1 fully saturated rings. The summed E-state index contributed by atoms with van der Waals surface area (Å²) in [6, 6.07) is -0.122. The van der Waals surface area contributed by atoms with Crippen molar-refractivity contribution in [1.29, 1.82) is 0 Å². The van der Waals surface area contributed by atoms with Gasteiger partial charge in [-0.25, -0.2) is 4.79 Å². The van der Waals surface area contributed by atoms with Gasteiger partial charge >= 0.3 is 12.0 Å². The highest BCUT2D eigenvalue weighted by Crippen LogP contribution is 2.18. The molecule has 0 radical (unpaired) electrons. The maximum absolute atomic E-state index is 11.5. The van der Waals surface area contributed by atoms with E-state index in [4.69, 9.17) is 5.11 Å². The van der Waals surface area contributed by atoms with Crippen molar-refractivity contribution in [2.24, 2.45) is 11.8 Å². The monoisotopic (exact) mass is 299 g/mol. The molecule has 1 saturated carbocycles. The van der Waals surface area contributed by atoms with Crippen LogP contribution >= 0.6 is 0 Å². The molecule has 0 aromatic carbocycles. The van der Waals surface area contributed by atoms with E-state index in [1.807, 2.05) is 13.8 Å². The maximum Gasteiger partial charge on any atom is 0.314 e. The van der Waals surface area contributed by atoms with Crippen LogP contribution in [0.25, 0.3) is 0 Å². The van der Waals surface area contributed by atoms with Gasteiger partial charge in [0.05, 0.1) is 5.92 Å². The number of hydrogen-bond acceptors (Lipinski definition) is 3. The molecular formula is C14H25N3O4. The summed E-state index contributed by atoms with van der Waals surface area (Å²) >= 11 is 0. The average Bonchev–Trinajstić information content (AvgIpc) is 3.17. The molecule has 7 heteroatoms. The Labute approximate surface area is 124 Å². The summed E-state index contributed by atoms with van der Waals surface area (Å²) < 4.78 is 0. The number of aliphatic carboxylic acids is 1. The predicted molar refractivity (Wildman–Crippen MR) is 77.8 cm³/mol. The lowest BCUT2D eigenvalue weighted by Crippen LogP contribution is -2.41. The molecule has 120 valence electrons. The molecule has 1 aliphatic rings. The molecule has 21 heavy (non-hydrogen) atoms. The van der Waals surface area contributed by atoms with Gasteiger partial charge in [0.15, 0.2) is 0 Å². The van der Waals surface area contributed by atoms with Crippen LogP contribution in [0.5, 0.6) is 0 Å². The number of nitrogens with one attached hydrogen (secondary N) is 3. The summed E-state index contributed by atoms with van der Waals surface area (Å²) in [4.78, 5) is 34.0. The zero-order chi connectivity index (χ0) is 15.8. The van der Waals surface area contributed by atoms with E-state index in [1.54, 1.807) is 0 Å². The highest BCUT2D eigenvalue weighted by Gasteiger charge is 2.23. The van der Waals surface area contributed by atoms with E-state index >= 15 is 0 Å². The molecule has 0 aliphatic heterocycles. The van der Waals surface area contributed by atoms with Crippen molar-refractivity contribution in [3.05, 3.63) is 0 Å². The lowest BCUT2D eigenvalue weighted by Gasteiger charge is -2.15. The lowest BCUT2D eigenvalue weighted by atomic mass is 9.97. The van der Waals surface area contributed by atoms with Gasteiger partial charge in [-0.1, -0.05) is 13.8 Å². The molecule has 0 spiro atoms. The van der Waals surface area contributed by atoms with Crippen LogP contribution in [0, 0.1) is 11.8 Å². The molecule has 4 N–H and O–H groups in total. The third-order valence-corrected chi connectivity index (χ3v) is 3.19. The third-order valence-electron chi connectivity index (χ3n) is 3.19. The van der Waals surface area contributed by atoms with E-state index in [2.05, 4.69) is 16.0 Å². The Morgan fingerprint density at radius 1 is 1.19 bits per heavy atom. The van der Waals surface area contributed by atoms with E-state index in [9.17, 15) is 14.4 Å². The van der Waals surface area contributed by atoms with Gasteiger partial charge in [-0.15, -0.1) is 0 Å². The quantitative estimate of drug-likeness (QED) is 0.502. The minimum Gasteiger partial charge on any atom is -0.481 e. The van der Waals surface area contributed by atoms with Crippen molar-refractivity contribution >= 4 is 17.9 Å². The maximum atomic E-state index is 11.5. The van der Waals surface area contributed by atoms with Crippen molar-refractivity contribution in [3.8, 4) is 0 Å². The van der Waals surface area contributed by atoms with Gasteiger partial charge < -0.3 is 21.1 Å². The van der Waals surface area contributed by atoms with Gasteiger partial charge in [-0.05, 0) is 25.2 Å². The second-order valence-corrected chi connectivity index (χ2v) is 5.89. The first-order chi connectivity index (χ1) is 9.88. The fourth-order valence-corrected chi connectivity index (χ4v) is 1.94. The van der Waals surface area contributed by atoms with Crippen LogP contribution in [0.4, 0.5) is 4.79 Å². The summed E-state index contributed by atoms with van der Waals surface area (Å²) in [6.45, 7) is 4.21. The minimum absolute atomic E-state index is 0.0685. The van der Waals surface area contributed by atoms with Crippen molar-refractivity contribution in [2.45, 2.75) is 45.6 Å². The number of urea groups is 1. The molecule has 0 aromatic rings. The molecule has 1 aliphatic carbocycles. The zero-order valence-electron chi connectivity index (χ0n) is 12.6. The summed E-state index contributed by atoms with van der Waals surface area (Å²) in [5.74, 6) is -1.31. The van der Waals surface area contributed by atoms with Gasteiger partial charge in [0.1, 0.15) is 0 Å². The number of amides is 3. The lowest BCUT2D eigenvalue weighted by molar-refractivity contribution is -0.142. The molecule has 1 atom stereocenters. The summed E-state index contributed by atoms with van der Waals surface area (Å²) in [6.07, 6.45) is 2.82. The Hall–Kier alpha value is -1.79. The second-order valence-electron chi connectivity index (χ2n) is 5.89. The summed E-state index contributed by atoms with van der Waals surface area (Å²) in [7, 11) is 0. The number of carboxylic acid groups (broad SMARTS) is 1. The van der Waals surface area contributed by atoms with Crippen molar-refractivity contribution in [2.75, 3.05) is 13.1 Å². The minimum atomic E-state index is -0.909. The Kier molecular flexibility index (Phi) is 6.98. The van der Waals surface area contributed by atoms with Gasteiger partial charge in [0.2, 0.25) is 5.91 Å². The van der Waals surface area contributed by atoms with Crippen molar-refractivity contribution in [3.63, 3.8) is 0 Å². The zero-order valence-corrected chi connectivity index (χ0v) is 12.6. The molecule has 7 nitrogen and oxygen atoms in total. The Bertz CT molecular complexity index is 380.